The molecule has 3 amide bonds. The number of carbonyl (C=O) groups is 2. The molecule has 0 saturated carbocycles. The lowest BCUT2D eigenvalue weighted by Gasteiger charge is -2.43. The fraction of sp³-hybridized carbons (Fsp3) is 0.435. The normalized spacial score (nSPS) is 20.2. The summed E-state index contributed by atoms with van der Waals surface area (Å²) in [5.74, 6) is 0.202. The van der Waals surface area contributed by atoms with Gasteiger partial charge in [-0.1, -0.05) is 12.1 Å². The number of thioether (sulfide) groups is 1. The van der Waals surface area contributed by atoms with Gasteiger partial charge >= 0.3 is 6.03 Å². The number of nitrogens with one attached hydrogen (secondary N) is 2. The molecule has 32 heavy (non-hydrogen) atoms. The maximum absolute atomic E-state index is 13.5. The van der Waals surface area contributed by atoms with Gasteiger partial charge in [0.05, 0.1) is 0 Å². The Hall–Kier alpha value is -2.81. The van der Waals surface area contributed by atoms with E-state index < -0.39 is 11.9 Å². The quantitative estimate of drug-likeness (QED) is 0.697. The van der Waals surface area contributed by atoms with Crippen LogP contribution in [0.25, 0.3) is 0 Å². The van der Waals surface area contributed by atoms with Gasteiger partial charge < -0.3 is 20.1 Å². The van der Waals surface area contributed by atoms with E-state index in [4.69, 9.17) is 0 Å². The van der Waals surface area contributed by atoms with Crippen molar-refractivity contribution in [2.75, 3.05) is 30.4 Å². The van der Waals surface area contributed by atoms with Gasteiger partial charge in [-0.05, 0) is 55.0 Å². The molecule has 3 heterocycles. The van der Waals surface area contributed by atoms with Crippen LogP contribution in [0, 0.1) is 11.7 Å². The first kappa shape index (κ1) is 22.4. The van der Waals surface area contributed by atoms with Crippen molar-refractivity contribution < 1.29 is 14.0 Å². The lowest BCUT2D eigenvalue weighted by Crippen LogP contribution is -2.55. The van der Waals surface area contributed by atoms with E-state index in [1.807, 2.05) is 16.9 Å². The number of piperidine rings is 1. The Kier molecular flexibility index (Phi) is 6.83. The first-order valence-electron chi connectivity index (χ1n) is 10.7. The van der Waals surface area contributed by atoms with Gasteiger partial charge in [0.25, 0.3) is 5.56 Å². The van der Waals surface area contributed by atoms with Crippen LogP contribution < -0.4 is 16.2 Å². The molecule has 0 spiro atoms. The number of aromatic nitrogens is 1. The molecule has 4 rings (SSSR count). The summed E-state index contributed by atoms with van der Waals surface area (Å²) in [7, 11) is 0. The third-order valence-electron chi connectivity index (χ3n) is 6.08. The Morgan fingerprint density at radius 1 is 1.19 bits per heavy atom. The van der Waals surface area contributed by atoms with Crippen molar-refractivity contribution >= 4 is 29.4 Å². The summed E-state index contributed by atoms with van der Waals surface area (Å²) in [4.78, 5) is 39.9. The number of fused-ring (bicyclic) bond motifs is 4. The van der Waals surface area contributed by atoms with Crippen LogP contribution in [-0.2, 0) is 11.3 Å². The van der Waals surface area contributed by atoms with Crippen LogP contribution in [0.3, 0.4) is 0 Å². The first-order valence-corrected chi connectivity index (χ1v) is 12.1. The van der Waals surface area contributed by atoms with E-state index in [1.165, 1.54) is 18.2 Å². The second-order valence-electron chi connectivity index (χ2n) is 8.39. The predicted molar refractivity (Wildman–Crippen MR) is 123 cm³/mol. The van der Waals surface area contributed by atoms with Gasteiger partial charge in [-0.25, -0.2) is 9.18 Å². The number of likely N-dealkylation sites (tertiary alicyclic amines) is 1. The summed E-state index contributed by atoms with van der Waals surface area (Å²) in [5, 5.41) is 5.58. The zero-order valence-electron chi connectivity index (χ0n) is 17.9. The average Bonchev–Trinajstić information content (AvgIpc) is 2.77. The zero-order valence-corrected chi connectivity index (χ0v) is 18.7. The minimum atomic E-state index is -0.727. The smallest absolute Gasteiger partial charge is 0.318 e. The number of nitrogens with zero attached hydrogens (tertiary/aromatic N) is 2. The Morgan fingerprint density at radius 2 is 2.00 bits per heavy atom. The van der Waals surface area contributed by atoms with Gasteiger partial charge in [0.2, 0.25) is 5.91 Å². The summed E-state index contributed by atoms with van der Waals surface area (Å²) in [6.07, 6.45) is 3.35. The molecular formula is C23H27FN4O3S. The number of halogens is 1. The molecule has 2 aliphatic heterocycles. The van der Waals surface area contributed by atoms with Crippen LogP contribution in [0.4, 0.5) is 14.9 Å². The molecule has 7 nitrogen and oxygen atoms in total. The summed E-state index contributed by atoms with van der Waals surface area (Å²) >= 11 is 1.59. The largest absolute Gasteiger partial charge is 0.326 e. The van der Waals surface area contributed by atoms with E-state index in [2.05, 4.69) is 10.6 Å². The van der Waals surface area contributed by atoms with Crippen LogP contribution in [0.2, 0.25) is 0 Å². The highest BCUT2D eigenvalue weighted by atomic mass is 32.2. The van der Waals surface area contributed by atoms with Crippen molar-refractivity contribution in [3.05, 3.63) is 64.3 Å². The maximum Gasteiger partial charge on any atom is 0.318 e. The van der Waals surface area contributed by atoms with Crippen molar-refractivity contribution in [3.63, 3.8) is 0 Å². The molecule has 1 fully saturated rings. The average molecular weight is 459 g/mol. The van der Waals surface area contributed by atoms with E-state index in [1.54, 1.807) is 34.9 Å². The number of urea groups is 1. The van der Waals surface area contributed by atoms with E-state index in [-0.39, 0.29) is 29.3 Å². The minimum Gasteiger partial charge on any atom is -0.326 e. The summed E-state index contributed by atoms with van der Waals surface area (Å²) in [5.41, 5.74) is 1.32. The Balaban J connectivity index is 1.44. The second kappa shape index (κ2) is 9.77. The fourth-order valence-corrected chi connectivity index (χ4v) is 5.07. The lowest BCUT2D eigenvalue weighted by molar-refractivity contribution is -0.118. The molecule has 0 aliphatic carbocycles. The standard InChI is InChI=1S/C23H27FN4O3S/c1-32-9-8-19(22(30)25-18-5-2-4-17(24)11-18)26-23(31)27-12-15-10-16(14-27)20-6-3-7-21(29)28(20)13-15/h2-7,11,15-16,19H,8-10,12-14H2,1H3,(H,25,30)(H,26,31)/t15-,16-,19-/m0/s1. The Labute approximate surface area is 190 Å². The molecule has 9 heteroatoms. The zero-order chi connectivity index (χ0) is 22.7. The van der Waals surface area contributed by atoms with Gasteiger partial charge in [0.1, 0.15) is 11.9 Å². The third kappa shape index (κ3) is 4.98. The molecule has 0 unspecified atom stereocenters. The van der Waals surface area contributed by atoms with Crippen LogP contribution in [0.1, 0.15) is 24.5 Å². The van der Waals surface area contributed by atoms with Crippen molar-refractivity contribution in [1.29, 1.82) is 0 Å². The topological polar surface area (TPSA) is 83.4 Å². The highest BCUT2D eigenvalue weighted by Gasteiger charge is 2.37. The molecule has 2 aliphatic rings. The SMILES string of the molecule is CSCC[C@H](NC(=O)N1C[C@@H]2C[C@@H](C1)c1cccc(=O)n1C2)C(=O)Nc1cccc(F)c1. The van der Waals surface area contributed by atoms with Gasteiger partial charge in [-0.3, -0.25) is 9.59 Å². The number of anilines is 1. The minimum absolute atomic E-state index is 0.00116. The number of amides is 3. The molecular weight excluding hydrogens is 431 g/mol. The number of carbonyl (C=O) groups excluding carboxylic acids is 2. The Bertz CT molecular complexity index is 1060. The van der Waals surface area contributed by atoms with Crippen molar-refractivity contribution in [2.45, 2.75) is 31.3 Å². The van der Waals surface area contributed by atoms with Crippen LogP contribution >= 0.6 is 11.8 Å². The summed E-state index contributed by atoms with van der Waals surface area (Å²) in [6, 6.07) is 9.97. The number of pyridine rings is 1. The number of benzene rings is 1. The lowest BCUT2D eigenvalue weighted by atomic mass is 9.83. The summed E-state index contributed by atoms with van der Waals surface area (Å²) < 4.78 is 15.3. The van der Waals surface area contributed by atoms with Crippen LogP contribution in [0.15, 0.2) is 47.3 Å². The maximum atomic E-state index is 13.5. The van der Waals surface area contributed by atoms with Crippen molar-refractivity contribution in [3.8, 4) is 0 Å². The monoisotopic (exact) mass is 458 g/mol. The fourth-order valence-electron chi connectivity index (χ4n) is 4.60. The third-order valence-corrected chi connectivity index (χ3v) is 6.73. The molecule has 1 aromatic heterocycles. The highest BCUT2D eigenvalue weighted by molar-refractivity contribution is 7.98. The highest BCUT2D eigenvalue weighted by Crippen LogP contribution is 2.34. The number of rotatable bonds is 6. The summed E-state index contributed by atoms with van der Waals surface area (Å²) in [6.45, 7) is 1.65. The van der Waals surface area contributed by atoms with E-state index >= 15 is 0 Å². The molecule has 0 radical (unpaired) electrons. The van der Waals surface area contributed by atoms with E-state index in [9.17, 15) is 18.8 Å². The molecule has 2 aromatic rings. The molecule has 170 valence electrons. The molecule has 2 N–H and O–H groups in total. The van der Waals surface area contributed by atoms with Crippen LogP contribution in [-0.4, -0.2) is 52.5 Å². The predicted octanol–water partition coefficient (Wildman–Crippen LogP) is 2.88. The Morgan fingerprint density at radius 3 is 2.78 bits per heavy atom. The molecule has 2 bridgehead atoms. The van der Waals surface area contributed by atoms with E-state index in [0.717, 1.165) is 12.1 Å². The van der Waals surface area contributed by atoms with Crippen molar-refractivity contribution in [1.82, 2.24) is 14.8 Å². The van der Waals surface area contributed by atoms with Crippen LogP contribution in [0.5, 0.6) is 0 Å². The second-order valence-corrected chi connectivity index (χ2v) is 9.37. The number of hydrogen-bond donors (Lipinski definition) is 2. The van der Waals surface area contributed by atoms with Gasteiger partial charge in [0, 0.05) is 43.0 Å². The van der Waals surface area contributed by atoms with Crippen molar-refractivity contribution in [2.24, 2.45) is 5.92 Å². The van der Waals surface area contributed by atoms with Gasteiger partial charge in [-0.2, -0.15) is 11.8 Å². The van der Waals surface area contributed by atoms with E-state index in [0.29, 0.717) is 37.5 Å². The van der Waals surface area contributed by atoms with Gasteiger partial charge in [-0.15, -0.1) is 0 Å². The molecule has 1 aromatic carbocycles. The number of hydrogen-bond acceptors (Lipinski definition) is 4. The molecule has 3 atom stereocenters. The molecule has 1 saturated heterocycles. The first-order chi connectivity index (χ1) is 15.4. The van der Waals surface area contributed by atoms with Gasteiger partial charge in [0.15, 0.2) is 0 Å².